The lowest BCUT2D eigenvalue weighted by molar-refractivity contribution is 0.0593. The number of carbonyl (C=O) groups excluding carboxylic acids is 1. The zero-order valence-corrected chi connectivity index (χ0v) is 18.1. The van der Waals surface area contributed by atoms with Gasteiger partial charge in [-0.2, -0.15) is 0 Å². The lowest BCUT2D eigenvalue weighted by atomic mass is 9.82. The van der Waals surface area contributed by atoms with Crippen molar-refractivity contribution in [3.8, 4) is 0 Å². The van der Waals surface area contributed by atoms with E-state index in [1.165, 1.54) is 38.4 Å². The number of hydrogen-bond acceptors (Lipinski definition) is 4. The number of hydrogen-bond donors (Lipinski definition) is 0. The lowest BCUT2D eigenvalue weighted by Crippen LogP contribution is -2.49. The summed E-state index contributed by atoms with van der Waals surface area (Å²) in [7, 11) is 0. The molecule has 164 valence electrons. The molecular formula is C25H31N3O3. The number of pyridine rings is 1. The van der Waals surface area contributed by atoms with E-state index in [0.29, 0.717) is 30.0 Å². The summed E-state index contributed by atoms with van der Waals surface area (Å²) < 4.78 is 7.12. The van der Waals surface area contributed by atoms with Gasteiger partial charge in [0.2, 0.25) is 0 Å². The molecule has 6 nitrogen and oxygen atoms in total. The molecule has 0 aromatic carbocycles. The standard InChI is InChI=1S/C25H31N3O3/c29-23(20-5-10-31-16-20)27-12-18-11-21(15-27)22-4-3-19(24(30)28(22)13-18)14-26-9-8-25(17-26)6-1-2-7-25/h3-5,10,16,18,21H,1-2,6-9,11-15,17H2/t18-,21+/m0/s1. The second-order valence-electron chi connectivity index (χ2n) is 10.4. The van der Waals surface area contributed by atoms with E-state index in [4.69, 9.17) is 4.42 Å². The van der Waals surface area contributed by atoms with Gasteiger partial charge in [0.05, 0.1) is 11.8 Å². The van der Waals surface area contributed by atoms with Gasteiger partial charge in [0.15, 0.2) is 0 Å². The van der Waals surface area contributed by atoms with Crippen molar-refractivity contribution < 1.29 is 9.21 Å². The van der Waals surface area contributed by atoms with Crippen LogP contribution >= 0.6 is 0 Å². The summed E-state index contributed by atoms with van der Waals surface area (Å²) in [5, 5.41) is 0. The molecule has 1 spiro atoms. The molecule has 2 atom stereocenters. The number of likely N-dealkylation sites (tertiary alicyclic amines) is 2. The summed E-state index contributed by atoms with van der Waals surface area (Å²) in [5.41, 5.74) is 3.37. The molecule has 4 aliphatic rings. The van der Waals surface area contributed by atoms with Gasteiger partial charge in [-0.3, -0.25) is 14.5 Å². The average Bonchev–Trinajstić information content (AvgIpc) is 3.54. The third-order valence-electron chi connectivity index (χ3n) is 8.31. The van der Waals surface area contributed by atoms with E-state index < -0.39 is 0 Å². The molecule has 2 aromatic rings. The summed E-state index contributed by atoms with van der Waals surface area (Å²) in [6, 6.07) is 5.95. The second kappa shape index (κ2) is 7.37. The van der Waals surface area contributed by atoms with Crippen molar-refractivity contribution in [3.63, 3.8) is 0 Å². The Morgan fingerprint density at radius 3 is 2.77 bits per heavy atom. The van der Waals surface area contributed by atoms with Crippen LogP contribution in [0.1, 0.15) is 66.1 Å². The number of rotatable bonds is 3. The van der Waals surface area contributed by atoms with Crippen LogP contribution in [0, 0.1) is 11.3 Å². The number of nitrogens with zero attached hydrogens (tertiary/aromatic N) is 3. The number of aromatic nitrogens is 1. The minimum absolute atomic E-state index is 0.0331. The first-order chi connectivity index (χ1) is 15.1. The summed E-state index contributed by atoms with van der Waals surface area (Å²) in [6.45, 7) is 5.17. The van der Waals surface area contributed by atoms with Crippen LogP contribution in [-0.2, 0) is 13.1 Å². The van der Waals surface area contributed by atoms with Crippen LogP contribution in [0.25, 0.3) is 0 Å². The topological polar surface area (TPSA) is 58.7 Å². The largest absolute Gasteiger partial charge is 0.472 e. The Balaban J connectivity index is 1.20. The summed E-state index contributed by atoms with van der Waals surface area (Å²) >= 11 is 0. The van der Waals surface area contributed by atoms with Crippen molar-refractivity contribution in [1.82, 2.24) is 14.4 Å². The predicted molar refractivity (Wildman–Crippen MR) is 117 cm³/mol. The van der Waals surface area contributed by atoms with Crippen LogP contribution in [0.2, 0.25) is 0 Å². The van der Waals surface area contributed by atoms with Crippen LogP contribution in [-0.4, -0.2) is 46.5 Å². The van der Waals surface area contributed by atoms with Crippen molar-refractivity contribution in [1.29, 1.82) is 0 Å². The summed E-state index contributed by atoms with van der Waals surface area (Å²) in [5.74, 6) is 0.605. The van der Waals surface area contributed by atoms with Crippen molar-refractivity contribution in [2.45, 2.75) is 57.5 Å². The number of piperidine rings is 1. The zero-order valence-electron chi connectivity index (χ0n) is 18.1. The maximum Gasteiger partial charge on any atom is 0.257 e. The molecule has 1 amide bonds. The molecule has 0 radical (unpaired) electrons. The fraction of sp³-hybridized carbons (Fsp3) is 0.600. The first kappa shape index (κ1) is 19.4. The molecule has 6 rings (SSSR count). The van der Waals surface area contributed by atoms with Gasteiger partial charge in [-0.1, -0.05) is 18.9 Å². The van der Waals surface area contributed by atoms with E-state index in [2.05, 4.69) is 17.0 Å². The normalized spacial score (nSPS) is 27.0. The van der Waals surface area contributed by atoms with E-state index >= 15 is 0 Å². The van der Waals surface area contributed by atoms with E-state index in [1.54, 1.807) is 12.3 Å². The highest BCUT2D eigenvalue weighted by Crippen LogP contribution is 2.45. The van der Waals surface area contributed by atoms with Gasteiger partial charge >= 0.3 is 0 Å². The molecule has 5 heterocycles. The fourth-order valence-electron chi connectivity index (χ4n) is 6.78. The highest BCUT2D eigenvalue weighted by atomic mass is 16.3. The number of fused-ring (bicyclic) bond motifs is 4. The summed E-state index contributed by atoms with van der Waals surface area (Å²) in [6.07, 6.45) is 10.9. The van der Waals surface area contributed by atoms with Crippen molar-refractivity contribution in [3.05, 3.63) is 57.9 Å². The quantitative estimate of drug-likeness (QED) is 0.762. The van der Waals surface area contributed by atoms with Gasteiger partial charge in [0, 0.05) is 49.9 Å². The molecule has 0 unspecified atom stereocenters. The van der Waals surface area contributed by atoms with Crippen molar-refractivity contribution in [2.24, 2.45) is 11.3 Å². The number of furan rings is 1. The van der Waals surface area contributed by atoms with Gasteiger partial charge in [-0.15, -0.1) is 0 Å². The van der Waals surface area contributed by atoms with Crippen LogP contribution in [0.3, 0.4) is 0 Å². The molecule has 6 heteroatoms. The van der Waals surface area contributed by atoms with Gasteiger partial charge in [0.1, 0.15) is 6.26 Å². The maximum atomic E-state index is 13.4. The molecule has 0 N–H and O–H groups in total. The van der Waals surface area contributed by atoms with E-state index in [1.807, 2.05) is 9.47 Å². The van der Waals surface area contributed by atoms with Crippen LogP contribution in [0.4, 0.5) is 0 Å². The zero-order chi connectivity index (χ0) is 21.0. The van der Waals surface area contributed by atoms with Gasteiger partial charge in [0.25, 0.3) is 11.5 Å². The molecule has 1 saturated carbocycles. The lowest BCUT2D eigenvalue weighted by Gasteiger charge is -2.42. The molecule has 2 saturated heterocycles. The smallest absolute Gasteiger partial charge is 0.257 e. The monoisotopic (exact) mass is 421 g/mol. The van der Waals surface area contributed by atoms with Crippen molar-refractivity contribution >= 4 is 5.91 Å². The van der Waals surface area contributed by atoms with E-state index in [-0.39, 0.29) is 17.4 Å². The number of amides is 1. The van der Waals surface area contributed by atoms with Gasteiger partial charge in [-0.05, 0) is 55.7 Å². The summed E-state index contributed by atoms with van der Waals surface area (Å²) in [4.78, 5) is 30.7. The molecule has 2 bridgehead atoms. The molecule has 2 aromatic heterocycles. The third kappa shape index (κ3) is 3.36. The van der Waals surface area contributed by atoms with Crippen LogP contribution in [0.15, 0.2) is 39.9 Å². The SMILES string of the molecule is O=C(c1ccoc1)N1C[C@@H]2C[C@H](C1)c1ccc(CN3CCC4(CCCC4)C3)c(=O)n1C2. The van der Waals surface area contributed by atoms with E-state index in [0.717, 1.165) is 43.9 Å². The van der Waals surface area contributed by atoms with Crippen LogP contribution < -0.4 is 5.56 Å². The minimum atomic E-state index is 0.0331. The fourth-order valence-corrected chi connectivity index (χ4v) is 6.78. The molecule has 1 aliphatic carbocycles. The first-order valence-corrected chi connectivity index (χ1v) is 11.9. The Bertz CT molecular complexity index is 1030. The second-order valence-corrected chi connectivity index (χ2v) is 10.4. The maximum absolute atomic E-state index is 13.4. The Hall–Kier alpha value is -2.34. The Morgan fingerprint density at radius 1 is 1.10 bits per heavy atom. The molecule has 31 heavy (non-hydrogen) atoms. The number of carbonyl (C=O) groups is 1. The van der Waals surface area contributed by atoms with Gasteiger partial charge < -0.3 is 13.9 Å². The molecular weight excluding hydrogens is 390 g/mol. The average molecular weight is 422 g/mol. The Morgan fingerprint density at radius 2 is 1.97 bits per heavy atom. The predicted octanol–water partition coefficient (Wildman–Crippen LogP) is 3.47. The first-order valence-electron chi connectivity index (χ1n) is 11.9. The van der Waals surface area contributed by atoms with E-state index in [9.17, 15) is 9.59 Å². The van der Waals surface area contributed by atoms with Gasteiger partial charge in [-0.25, -0.2) is 0 Å². The molecule has 3 aliphatic heterocycles. The van der Waals surface area contributed by atoms with Crippen molar-refractivity contribution in [2.75, 3.05) is 26.2 Å². The van der Waals surface area contributed by atoms with Crippen LogP contribution in [0.5, 0.6) is 0 Å². The minimum Gasteiger partial charge on any atom is -0.472 e. The Labute approximate surface area is 182 Å². The third-order valence-corrected chi connectivity index (χ3v) is 8.31. The Kier molecular flexibility index (Phi) is 4.60. The molecule has 3 fully saturated rings. The highest BCUT2D eigenvalue weighted by Gasteiger charge is 2.41. The highest BCUT2D eigenvalue weighted by molar-refractivity contribution is 5.94.